The molecule has 3 aliphatic rings. The highest BCUT2D eigenvalue weighted by molar-refractivity contribution is 6.31. The number of carbonyl (C=O) groups is 2. The number of allylic oxidation sites excluding steroid dienone is 2. The van der Waals surface area contributed by atoms with E-state index in [-0.39, 0.29) is 29.6 Å². The second kappa shape index (κ2) is 3.73. The van der Waals surface area contributed by atoms with E-state index in [1.54, 1.807) is 24.3 Å². The van der Waals surface area contributed by atoms with Gasteiger partial charge in [0.1, 0.15) is 0 Å². The molecule has 0 unspecified atom stereocenters. The zero-order valence-corrected chi connectivity index (χ0v) is 11.8. The maximum atomic E-state index is 12.8. The molecule has 4 heteroatoms. The number of hydrogen-bond donors (Lipinski definition) is 0. The number of carbonyl (C=O) groups excluding carboxylic acids is 2. The van der Waals surface area contributed by atoms with Crippen molar-refractivity contribution < 1.29 is 9.59 Å². The Morgan fingerprint density at radius 1 is 1.20 bits per heavy atom. The van der Waals surface area contributed by atoms with Gasteiger partial charge in [0.15, 0.2) is 0 Å². The third-order valence-electron chi connectivity index (χ3n) is 5.20. The zero-order valence-electron chi connectivity index (χ0n) is 11.0. The molecular formula is C16H14ClNO2. The van der Waals surface area contributed by atoms with Gasteiger partial charge in [-0.25, -0.2) is 4.90 Å². The van der Waals surface area contributed by atoms with Crippen molar-refractivity contribution in [1.29, 1.82) is 0 Å². The van der Waals surface area contributed by atoms with Gasteiger partial charge in [-0.05, 0) is 49.4 Å². The Labute approximate surface area is 122 Å². The van der Waals surface area contributed by atoms with Gasteiger partial charge in [0.05, 0.1) is 17.0 Å². The molecule has 0 spiro atoms. The van der Waals surface area contributed by atoms with Crippen LogP contribution in [0.25, 0.3) is 0 Å². The second-order valence-electron chi connectivity index (χ2n) is 6.11. The highest BCUT2D eigenvalue weighted by Gasteiger charge is 2.67. The molecule has 1 saturated heterocycles. The summed E-state index contributed by atoms with van der Waals surface area (Å²) in [6.45, 7) is 1.95. The third-order valence-corrected chi connectivity index (χ3v) is 5.45. The van der Waals surface area contributed by atoms with Crippen LogP contribution in [0.1, 0.15) is 13.3 Å². The molecule has 1 aromatic carbocycles. The average Bonchev–Trinajstić information content (AvgIpc) is 3.05. The summed E-state index contributed by atoms with van der Waals surface area (Å²) in [5, 5.41) is 0.598. The Balaban J connectivity index is 1.80. The lowest BCUT2D eigenvalue weighted by molar-refractivity contribution is -0.127. The van der Waals surface area contributed by atoms with Crippen LogP contribution in [0, 0.1) is 23.2 Å². The van der Waals surface area contributed by atoms with Gasteiger partial charge >= 0.3 is 0 Å². The van der Waals surface area contributed by atoms with E-state index in [1.165, 1.54) is 4.90 Å². The van der Waals surface area contributed by atoms with Gasteiger partial charge in [-0.1, -0.05) is 23.8 Å². The number of anilines is 1. The van der Waals surface area contributed by atoms with Crippen LogP contribution in [0.3, 0.4) is 0 Å². The van der Waals surface area contributed by atoms with Gasteiger partial charge in [0.25, 0.3) is 0 Å². The molecule has 4 atom stereocenters. The lowest BCUT2D eigenvalue weighted by Crippen LogP contribution is -2.37. The number of hydrogen-bond acceptors (Lipinski definition) is 2. The van der Waals surface area contributed by atoms with Crippen molar-refractivity contribution >= 4 is 29.1 Å². The van der Waals surface area contributed by atoms with Crippen molar-refractivity contribution in [3.05, 3.63) is 41.4 Å². The molecule has 20 heavy (non-hydrogen) atoms. The van der Waals surface area contributed by atoms with Crippen LogP contribution in [0.2, 0.25) is 5.02 Å². The van der Waals surface area contributed by atoms with Gasteiger partial charge < -0.3 is 0 Å². The topological polar surface area (TPSA) is 37.4 Å². The normalized spacial score (nSPS) is 37.9. The SMILES string of the molecule is C[C@@]12C(=O)N(c3ccc(Cl)cc3)C(=O)[C@@H]1[C@H]1C=C[C@H]2C1. The predicted molar refractivity (Wildman–Crippen MR) is 76.3 cm³/mol. The quantitative estimate of drug-likeness (QED) is 0.588. The molecule has 3 nitrogen and oxygen atoms in total. The number of halogens is 1. The number of imide groups is 1. The van der Waals surface area contributed by atoms with Gasteiger partial charge in [-0.15, -0.1) is 0 Å². The summed E-state index contributed by atoms with van der Waals surface area (Å²) >= 11 is 5.87. The number of nitrogens with zero attached hydrogens (tertiary/aromatic N) is 1. The van der Waals surface area contributed by atoms with Crippen LogP contribution >= 0.6 is 11.6 Å². The summed E-state index contributed by atoms with van der Waals surface area (Å²) in [4.78, 5) is 26.9. The second-order valence-corrected chi connectivity index (χ2v) is 6.54. The molecule has 2 amide bonds. The van der Waals surface area contributed by atoms with Gasteiger partial charge in [-0.3, -0.25) is 9.59 Å². The Hall–Kier alpha value is -1.61. The first-order valence-electron chi connectivity index (χ1n) is 6.86. The minimum atomic E-state index is -0.559. The molecule has 2 bridgehead atoms. The highest BCUT2D eigenvalue weighted by atomic mass is 35.5. The minimum Gasteiger partial charge on any atom is -0.274 e. The zero-order chi connectivity index (χ0) is 14.1. The van der Waals surface area contributed by atoms with E-state index in [1.807, 2.05) is 6.92 Å². The van der Waals surface area contributed by atoms with E-state index < -0.39 is 5.41 Å². The monoisotopic (exact) mass is 287 g/mol. The Kier molecular flexibility index (Phi) is 2.27. The smallest absolute Gasteiger partial charge is 0.241 e. The van der Waals surface area contributed by atoms with Crippen molar-refractivity contribution in [1.82, 2.24) is 0 Å². The molecule has 2 aliphatic carbocycles. The summed E-state index contributed by atoms with van der Waals surface area (Å²) in [5.41, 5.74) is 0.0651. The first-order chi connectivity index (χ1) is 9.53. The molecular weight excluding hydrogens is 274 g/mol. The molecule has 2 fully saturated rings. The van der Waals surface area contributed by atoms with Crippen molar-refractivity contribution in [2.75, 3.05) is 4.90 Å². The van der Waals surface area contributed by atoms with Crippen LogP contribution in [0.4, 0.5) is 5.69 Å². The first kappa shape index (κ1) is 12.2. The molecule has 1 aliphatic heterocycles. The van der Waals surface area contributed by atoms with E-state index >= 15 is 0 Å². The number of rotatable bonds is 1. The molecule has 1 heterocycles. The predicted octanol–water partition coefficient (Wildman–Crippen LogP) is 3.04. The van der Waals surface area contributed by atoms with Crippen LogP contribution in [0.15, 0.2) is 36.4 Å². The van der Waals surface area contributed by atoms with Gasteiger partial charge in [0.2, 0.25) is 11.8 Å². The van der Waals surface area contributed by atoms with Crippen molar-refractivity contribution in [3.8, 4) is 0 Å². The van der Waals surface area contributed by atoms with Crippen LogP contribution in [0.5, 0.6) is 0 Å². The lowest BCUT2D eigenvalue weighted by atomic mass is 9.71. The fraction of sp³-hybridized carbons (Fsp3) is 0.375. The maximum absolute atomic E-state index is 12.8. The van der Waals surface area contributed by atoms with E-state index in [9.17, 15) is 9.59 Å². The third kappa shape index (κ3) is 1.27. The summed E-state index contributed by atoms with van der Waals surface area (Å²) in [6.07, 6.45) is 5.15. The average molecular weight is 288 g/mol. The molecule has 1 aromatic rings. The number of fused-ring (bicyclic) bond motifs is 5. The first-order valence-corrected chi connectivity index (χ1v) is 7.23. The summed E-state index contributed by atoms with van der Waals surface area (Å²) in [6, 6.07) is 6.89. The van der Waals surface area contributed by atoms with E-state index in [0.29, 0.717) is 10.7 Å². The summed E-state index contributed by atoms with van der Waals surface area (Å²) < 4.78 is 0. The Morgan fingerprint density at radius 2 is 1.90 bits per heavy atom. The Morgan fingerprint density at radius 3 is 2.55 bits per heavy atom. The molecule has 0 N–H and O–H groups in total. The van der Waals surface area contributed by atoms with Crippen LogP contribution in [-0.4, -0.2) is 11.8 Å². The molecule has 0 aromatic heterocycles. The van der Waals surface area contributed by atoms with Crippen LogP contribution < -0.4 is 4.90 Å². The van der Waals surface area contributed by atoms with Crippen molar-refractivity contribution in [3.63, 3.8) is 0 Å². The standard InChI is InChI=1S/C16H14ClNO2/c1-16-10-3-2-9(8-10)13(16)14(19)18(15(16)20)12-6-4-11(17)5-7-12/h2-7,9-10,13H,8H2,1H3/t9-,10-,13-,16-/m0/s1. The van der Waals surface area contributed by atoms with E-state index in [0.717, 1.165) is 6.42 Å². The van der Waals surface area contributed by atoms with Crippen molar-refractivity contribution in [2.45, 2.75) is 13.3 Å². The highest BCUT2D eigenvalue weighted by Crippen LogP contribution is 2.60. The molecule has 4 rings (SSSR count). The number of amides is 2. The Bertz CT molecular complexity index is 651. The lowest BCUT2D eigenvalue weighted by Gasteiger charge is -2.28. The fourth-order valence-corrected chi connectivity index (χ4v) is 4.27. The number of benzene rings is 1. The minimum absolute atomic E-state index is 0.0586. The fourth-order valence-electron chi connectivity index (χ4n) is 4.14. The van der Waals surface area contributed by atoms with E-state index in [4.69, 9.17) is 11.6 Å². The van der Waals surface area contributed by atoms with Gasteiger partial charge in [0, 0.05) is 5.02 Å². The molecule has 102 valence electrons. The van der Waals surface area contributed by atoms with Crippen molar-refractivity contribution in [2.24, 2.45) is 23.2 Å². The largest absolute Gasteiger partial charge is 0.274 e. The van der Waals surface area contributed by atoms with Crippen LogP contribution in [-0.2, 0) is 9.59 Å². The molecule has 0 radical (unpaired) electrons. The van der Waals surface area contributed by atoms with Gasteiger partial charge in [-0.2, -0.15) is 0 Å². The van der Waals surface area contributed by atoms with E-state index in [2.05, 4.69) is 12.2 Å². The maximum Gasteiger partial charge on any atom is 0.241 e. The molecule has 1 saturated carbocycles. The summed E-state index contributed by atoms with van der Waals surface area (Å²) in [5.74, 6) is 0.106. The summed E-state index contributed by atoms with van der Waals surface area (Å²) in [7, 11) is 0.